The van der Waals surface area contributed by atoms with Crippen LogP contribution in [-0.2, 0) is 42.7 Å². The highest BCUT2D eigenvalue weighted by atomic mass is 19.1. The Kier molecular flexibility index (Phi) is 12.0. The lowest BCUT2D eigenvalue weighted by molar-refractivity contribution is -0.345. The van der Waals surface area contributed by atoms with Gasteiger partial charge >= 0.3 is 24.0 Å². The molecule has 3 saturated heterocycles. The average Bonchev–Trinajstić information content (AvgIpc) is 3.62. The summed E-state index contributed by atoms with van der Waals surface area (Å²) in [5.41, 5.74) is -5.66. The highest BCUT2D eigenvalue weighted by Gasteiger charge is 2.77. The van der Waals surface area contributed by atoms with E-state index in [9.17, 15) is 33.8 Å². The minimum atomic E-state index is -2.12. The van der Waals surface area contributed by atoms with Gasteiger partial charge in [0, 0.05) is 56.2 Å². The van der Waals surface area contributed by atoms with Crippen LogP contribution in [0.3, 0.4) is 0 Å². The fourth-order valence-electron chi connectivity index (χ4n) is 11.2. The van der Waals surface area contributed by atoms with Crippen molar-refractivity contribution in [1.82, 2.24) is 20.2 Å². The van der Waals surface area contributed by atoms with Crippen LogP contribution >= 0.6 is 0 Å². The number of alkyl carbamates (subject to hydrolysis) is 1. The van der Waals surface area contributed by atoms with Crippen molar-refractivity contribution in [2.24, 2.45) is 16.7 Å². The molecule has 1 aromatic heterocycles. The summed E-state index contributed by atoms with van der Waals surface area (Å²) in [4.78, 5) is 65.3. The largest absolute Gasteiger partial charge is 0.456 e. The van der Waals surface area contributed by atoms with Gasteiger partial charge < -0.3 is 48.7 Å². The van der Waals surface area contributed by atoms with E-state index in [4.69, 9.17) is 33.2 Å². The number of hydrogen-bond donors (Lipinski definition) is 3. The van der Waals surface area contributed by atoms with Gasteiger partial charge in [-0.05, 0) is 69.9 Å². The van der Waals surface area contributed by atoms with Gasteiger partial charge in [-0.2, -0.15) is 0 Å². The fraction of sp³-hybridized carbons (Fsp3) is 0.652. The molecule has 1 aromatic carbocycles. The van der Waals surface area contributed by atoms with E-state index in [0.29, 0.717) is 24.0 Å². The zero-order chi connectivity index (χ0) is 46.1. The molecule has 6 aliphatic rings. The smallest absolute Gasteiger partial charge is 0.408 e. The van der Waals surface area contributed by atoms with Crippen LogP contribution in [0.2, 0.25) is 0 Å². The van der Waals surface area contributed by atoms with Crippen LogP contribution in [0.5, 0.6) is 0 Å². The number of nitrogens with one attached hydrogen (secondary N) is 1. The highest BCUT2D eigenvalue weighted by molar-refractivity contribution is 5.89. The zero-order valence-electron chi connectivity index (χ0n) is 37.4. The number of fused-ring (bicyclic) bond motifs is 8. The molecule has 0 spiro atoms. The number of aromatic nitrogens is 2. The van der Waals surface area contributed by atoms with Crippen molar-refractivity contribution in [3.63, 3.8) is 0 Å². The Morgan fingerprint density at radius 2 is 1.72 bits per heavy atom. The molecule has 4 heterocycles. The maximum Gasteiger partial charge on any atom is 0.408 e. The summed E-state index contributed by atoms with van der Waals surface area (Å²) in [5.74, 6) is -3.66. The van der Waals surface area contributed by atoms with Crippen LogP contribution in [0, 0.1) is 16.7 Å². The molecule has 1 amide bonds. The molecule has 17 nitrogen and oxygen atoms in total. The Morgan fingerprint density at radius 1 is 1.03 bits per heavy atom. The molecule has 2 bridgehead atoms. The summed E-state index contributed by atoms with van der Waals surface area (Å²) in [7, 11) is 0. The molecule has 0 radical (unpaired) electrons. The second-order valence-corrected chi connectivity index (χ2v) is 19.9. The van der Waals surface area contributed by atoms with Crippen LogP contribution < -0.4 is 5.32 Å². The maximum absolute atomic E-state index is 14.5. The van der Waals surface area contributed by atoms with Gasteiger partial charge in [0.05, 0.1) is 24.2 Å². The summed E-state index contributed by atoms with van der Waals surface area (Å²) in [6.07, 6.45) is -6.80. The number of likely N-dealkylation sites (tertiary alicyclic amines) is 1. The predicted molar refractivity (Wildman–Crippen MR) is 222 cm³/mol. The standard InChI is InChI=1S/C46H59FN4O13/c1-24-28(59-40(55)33(53)32(38-48-17-12-18-49-38)50-41(56)64-42(3,4)5)19-46(57)37(62-39(54)26-13-10-9-11-14-26)35-44(8,16-15-29-45(35,23-58-29)63-25(2)52)36-34(31(24)43(46,6)7)60-30(61-36)22-51-20-27(47)21-51/h9-14,17-18,27-30,32-37,53,57H,15-16,19-23H2,1-8H3,(H,50,56)/t28-,29+,30+,32+,33+,34+,35-,36+,37-,44+,45-,46+/m0/s1. The van der Waals surface area contributed by atoms with Crippen molar-refractivity contribution < 1.29 is 66.9 Å². The molecule has 2 saturated carbocycles. The number of aliphatic hydroxyl groups is 2. The fourth-order valence-corrected chi connectivity index (χ4v) is 11.2. The molecule has 0 unspecified atom stereocenters. The van der Waals surface area contributed by atoms with Gasteiger partial charge in [0.15, 0.2) is 23.8 Å². The van der Waals surface area contributed by atoms with E-state index in [2.05, 4.69) is 15.3 Å². The van der Waals surface area contributed by atoms with Gasteiger partial charge in [0.1, 0.15) is 47.8 Å². The lowest BCUT2D eigenvalue weighted by Gasteiger charge is -2.68. The molecule has 3 aliphatic heterocycles. The second-order valence-electron chi connectivity index (χ2n) is 19.9. The average molecular weight is 895 g/mol. The number of alkyl halides is 1. The SMILES string of the molecule is CC(=O)O[C@@]12CO[C@@H]1CC[C@@]1(C)[C@@H]3O[C@H](CN4CC(F)C4)O[C@@H]3C3=C(C)[C@@H](OC(=O)[C@H](O)[C@@H](NC(=O)OC(C)(C)C)c4ncccn4)C[C@@](O)([C@@H](OC(=O)c4ccccc4)[C@@H]12)C3(C)C. The van der Waals surface area contributed by atoms with Crippen LogP contribution in [0.4, 0.5) is 9.18 Å². The Balaban J connectivity index is 1.26. The topological polar surface area (TPSA) is 214 Å². The molecule has 64 heavy (non-hydrogen) atoms. The van der Waals surface area contributed by atoms with Gasteiger partial charge in [-0.25, -0.2) is 28.7 Å². The summed E-state index contributed by atoms with van der Waals surface area (Å²) < 4.78 is 58.7. The molecule has 8 rings (SSSR count). The van der Waals surface area contributed by atoms with Gasteiger partial charge in [0.2, 0.25) is 0 Å². The number of amides is 1. The van der Waals surface area contributed by atoms with Crippen LogP contribution in [0.1, 0.15) is 96.9 Å². The summed E-state index contributed by atoms with van der Waals surface area (Å²) in [5, 5.41) is 28.1. The molecule has 3 aliphatic carbocycles. The van der Waals surface area contributed by atoms with Crippen LogP contribution in [-0.4, -0.2) is 141 Å². The number of nitrogens with zero attached hydrogens (tertiary/aromatic N) is 3. The van der Waals surface area contributed by atoms with Crippen LogP contribution in [0.25, 0.3) is 0 Å². The Labute approximate surface area is 371 Å². The van der Waals surface area contributed by atoms with Gasteiger partial charge in [-0.15, -0.1) is 0 Å². The van der Waals surface area contributed by atoms with E-state index >= 15 is 0 Å². The summed E-state index contributed by atoms with van der Waals surface area (Å²) in [6.45, 7) is 14.1. The third kappa shape index (κ3) is 7.97. The molecule has 2 aromatic rings. The van der Waals surface area contributed by atoms with Crippen molar-refractivity contribution in [2.45, 2.75) is 147 Å². The molecule has 12 atom stereocenters. The predicted octanol–water partition coefficient (Wildman–Crippen LogP) is 3.91. The zero-order valence-corrected chi connectivity index (χ0v) is 37.4. The Hall–Kier alpha value is -4.59. The Morgan fingerprint density at radius 3 is 2.33 bits per heavy atom. The van der Waals surface area contributed by atoms with Gasteiger partial charge in [0.25, 0.3) is 0 Å². The minimum absolute atomic E-state index is 0.0688. The number of ether oxygens (including phenoxy) is 7. The van der Waals surface area contributed by atoms with E-state index in [1.807, 2.05) is 11.8 Å². The first kappa shape index (κ1) is 46.0. The first-order chi connectivity index (χ1) is 30.1. The number of carbonyl (C=O) groups is 4. The van der Waals surface area contributed by atoms with Gasteiger partial charge in [-0.1, -0.05) is 39.0 Å². The lowest BCUT2D eigenvalue weighted by atomic mass is 9.45. The molecule has 18 heteroatoms. The minimum Gasteiger partial charge on any atom is -0.456 e. The molecule has 5 fully saturated rings. The number of esters is 3. The first-order valence-corrected chi connectivity index (χ1v) is 21.9. The molecule has 3 N–H and O–H groups in total. The third-order valence-electron chi connectivity index (χ3n) is 14.2. The number of aliphatic hydroxyl groups excluding tert-OH is 1. The van der Waals surface area contributed by atoms with Crippen molar-refractivity contribution in [3.8, 4) is 0 Å². The first-order valence-electron chi connectivity index (χ1n) is 21.9. The second kappa shape index (κ2) is 16.7. The molecular formula is C46H59FN4O13. The van der Waals surface area contributed by atoms with E-state index < -0.39 is 113 Å². The number of benzene rings is 1. The van der Waals surface area contributed by atoms with Crippen molar-refractivity contribution in [3.05, 3.63) is 71.3 Å². The summed E-state index contributed by atoms with van der Waals surface area (Å²) >= 11 is 0. The van der Waals surface area contributed by atoms with Crippen molar-refractivity contribution in [2.75, 3.05) is 26.2 Å². The van der Waals surface area contributed by atoms with E-state index in [-0.39, 0.29) is 44.0 Å². The quantitative estimate of drug-likeness (QED) is 0.175. The van der Waals surface area contributed by atoms with Gasteiger partial charge in [-0.3, -0.25) is 9.69 Å². The number of halogens is 1. The normalized spacial score (nSPS) is 35.3. The maximum atomic E-state index is 14.5. The van der Waals surface area contributed by atoms with E-state index in [1.54, 1.807) is 71.9 Å². The third-order valence-corrected chi connectivity index (χ3v) is 14.2. The highest BCUT2D eigenvalue weighted by Crippen LogP contribution is 2.66. The van der Waals surface area contributed by atoms with E-state index in [0.717, 1.165) is 0 Å². The van der Waals surface area contributed by atoms with E-state index in [1.165, 1.54) is 25.4 Å². The number of rotatable bonds is 10. The summed E-state index contributed by atoms with van der Waals surface area (Å²) in [6, 6.07) is 8.29. The molecular weight excluding hydrogens is 836 g/mol. The van der Waals surface area contributed by atoms with Crippen LogP contribution in [0.15, 0.2) is 59.9 Å². The van der Waals surface area contributed by atoms with Crippen molar-refractivity contribution >= 4 is 24.0 Å². The van der Waals surface area contributed by atoms with Crippen molar-refractivity contribution in [1.29, 1.82) is 0 Å². The monoisotopic (exact) mass is 894 g/mol. The number of hydrogen-bond acceptors (Lipinski definition) is 16. The Bertz CT molecular complexity index is 2150. The number of carbonyl (C=O) groups excluding carboxylic acids is 4. The lowest BCUT2D eigenvalue weighted by Crippen LogP contribution is -2.79. The molecule has 348 valence electrons.